The first kappa shape index (κ1) is 15.7. The van der Waals surface area contributed by atoms with Crippen LogP contribution in [-0.4, -0.2) is 11.7 Å². The summed E-state index contributed by atoms with van der Waals surface area (Å²) in [7, 11) is 0. The van der Waals surface area contributed by atoms with Gasteiger partial charge in [-0.2, -0.15) is 0 Å². The standard InChI is InChI=1S/C16H15Cl3O/c17-14-4-2-1-3-13(14)8-12(10-20)7-11-5-6-15(18)16(19)9-11/h1-6,9,12,20H,7-8,10H2. The first-order valence-corrected chi connectivity index (χ1v) is 7.51. The lowest BCUT2D eigenvalue weighted by molar-refractivity contribution is 0.225. The summed E-state index contributed by atoms with van der Waals surface area (Å²) in [5, 5.41) is 11.4. The van der Waals surface area contributed by atoms with Crippen LogP contribution in [0.3, 0.4) is 0 Å². The molecule has 1 N–H and O–H groups in total. The second kappa shape index (κ2) is 7.33. The summed E-state index contributed by atoms with van der Waals surface area (Å²) in [6.07, 6.45) is 1.47. The van der Waals surface area contributed by atoms with Crippen LogP contribution in [0, 0.1) is 5.92 Å². The molecule has 106 valence electrons. The maximum atomic E-state index is 9.56. The number of aliphatic hydroxyl groups excluding tert-OH is 1. The molecule has 0 radical (unpaired) electrons. The van der Waals surface area contributed by atoms with Crippen molar-refractivity contribution in [1.29, 1.82) is 0 Å². The Morgan fingerprint density at radius 2 is 1.60 bits per heavy atom. The highest BCUT2D eigenvalue weighted by Gasteiger charge is 2.12. The first-order chi connectivity index (χ1) is 9.60. The maximum absolute atomic E-state index is 9.56. The minimum Gasteiger partial charge on any atom is -0.396 e. The molecule has 0 spiro atoms. The molecule has 0 aliphatic heterocycles. The van der Waals surface area contributed by atoms with Gasteiger partial charge in [-0.15, -0.1) is 0 Å². The number of hydrogen-bond donors (Lipinski definition) is 1. The summed E-state index contributed by atoms with van der Waals surface area (Å²) < 4.78 is 0. The molecular formula is C16H15Cl3O. The van der Waals surface area contributed by atoms with Crippen LogP contribution in [0.1, 0.15) is 11.1 Å². The van der Waals surface area contributed by atoms with E-state index >= 15 is 0 Å². The van der Waals surface area contributed by atoms with Crippen molar-refractivity contribution in [3.05, 3.63) is 68.7 Å². The lowest BCUT2D eigenvalue weighted by Crippen LogP contribution is -2.13. The largest absolute Gasteiger partial charge is 0.396 e. The smallest absolute Gasteiger partial charge is 0.0595 e. The highest BCUT2D eigenvalue weighted by Crippen LogP contribution is 2.25. The Balaban J connectivity index is 2.09. The van der Waals surface area contributed by atoms with Gasteiger partial charge in [0.05, 0.1) is 10.0 Å². The lowest BCUT2D eigenvalue weighted by atomic mass is 9.93. The van der Waals surface area contributed by atoms with E-state index in [1.807, 2.05) is 36.4 Å². The fraction of sp³-hybridized carbons (Fsp3) is 0.250. The van der Waals surface area contributed by atoms with E-state index in [2.05, 4.69) is 0 Å². The van der Waals surface area contributed by atoms with E-state index < -0.39 is 0 Å². The van der Waals surface area contributed by atoms with Crippen molar-refractivity contribution in [2.24, 2.45) is 5.92 Å². The Kier molecular flexibility index (Phi) is 5.74. The van der Waals surface area contributed by atoms with Crippen molar-refractivity contribution < 1.29 is 5.11 Å². The SMILES string of the molecule is OCC(Cc1ccc(Cl)c(Cl)c1)Cc1ccccc1Cl. The lowest BCUT2D eigenvalue weighted by Gasteiger charge is -2.15. The Bertz CT molecular complexity index is 584. The van der Waals surface area contributed by atoms with Crippen LogP contribution in [0.5, 0.6) is 0 Å². The number of aliphatic hydroxyl groups is 1. The first-order valence-electron chi connectivity index (χ1n) is 6.38. The van der Waals surface area contributed by atoms with Gasteiger partial charge in [-0.3, -0.25) is 0 Å². The van der Waals surface area contributed by atoms with Gasteiger partial charge >= 0.3 is 0 Å². The van der Waals surface area contributed by atoms with E-state index in [-0.39, 0.29) is 12.5 Å². The van der Waals surface area contributed by atoms with Gasteiger partial charge < -0.3 is 5.11 Å². The Morgan fingerprint density at radius 3 is 2.25 bits per heavy atom. The summed E-state index contributed by atoms with van der Waals surface area (Å²) in [5.41, 5.74) is 2.11. The molecule has 20 heavy (non-hydrogen) atoms. The molecule has 1 atom stereocenters. The van der Waals surface area contributed by atoms with Crippen LogP contribution >= 0.6 is 34.8 Å². The normalized spacial score (nSPS) is 12.4. The zero-order valence-electron chi connectivity index (χ0n) is 10.8. The van der Waals surface area contributed by atoms with Gasteiger partial charge in [0.15, 0.2) is 0 Å². The van der Waals surface area contributed by atoms with Crippen LogP contribution in [0.2, 0.25) is 15.1 Å². The fourth-order valence-corrected chi connectivity index (χ4v) is 2.71. The third kappa shape index (κ3) is 4.13. The van der Waals surface area contributed by atoms with Gasteiger partial charge in [0.1, 0.15) is 0 Å². The molecular weight excluding hydrogens is 315 g/mol. The fourth-order valence-electron chi connectivity index (χ4n) is 2.18. The van der Waals surface area contributed by atoms with Crippen LogP contribution in [-0.2, 0) is 12.8 Å². The van der Waals surface area contributed by atoms with E-state index in [1.165, 1.54) is 0 Å². The molecule has 0 aromatic heterocycles. The van der Waals surface area contributed by atoms with E-state index in [9.17, 15) is 5.11 Å². The van der Waals surface area contributed by atoms with Crippen molar-refractivity contribution in [3.8, 4) is 0 Å². The average Bonchev–Trinajstić information content (AvgIpc) is 2.44. The van der Waals surface area contributed by atoms with Gasteiger partial charge in [0, 0.05) is 11.6 Å². The van der Waals surface area contributed by atoms with Crippen molar-refractivity contribution in [1.82, 2.24) is 0 Å². The van der Waals surface area contributed by atoms with Crippen molar-refractivity contribution in [3.63, 3.8) is 0 Å². The Hall–Kier alpha value is -0.730. The minimum atomic E-state index is 0.103. The monoisotopic (exact) mass is 328 g/mol. The van der Waals surface area contributed by atoms with Crippen LogP contribution < -0.4 is 0 Å². The van der Waals surface area contributed by atoms with Crippen molar-refractivity contribution >= 4 is 34.8 Å². The van der Waals surface area contributed by atoms with Crippen LogP contribution in [0.15, 0.2) is 42.5 Å². The van der Waals surface area contributed by atoms with Gasteiger partial charge in [-0.1, -0.05) is 59.1 Å². The number of rotatable bonds is 5. The molecule has 0 aliphatic rings. The molecule has 0 amide bonds. The van der Waals surface area contributed by atoms with Crippen molar-refractivity contribution in [2.75, 3.05) is 6.61 Å². The molecule has 0 heterocycles. The molecule has 0 bridgehead atoms. The second-order valence-corrected chi connectivity index (χ2v) is 6.02. The highest BCUT2D eigenvalue weighted by atomic mass is 35.5. The Morgan fingerprint density at radius 1 is 0.850 bits per heavy atom. The summed E-state index contributed by atoms with van der Waals surface area (Å²) in [6.45, 7) is 0.103. The zero-order valence-corrected chi connectivity index (χ0v) is 13.1. The second-order valence-electron chi connectivity index (χ2n) is 4.80. The Labute approximate surface area is 134 Å². The van der Waals surface area contributed by atoms with Gasteiger partial charge in [0.25, 0.3) is 0 Å². The highest BCUT2D eigenvalue weighted by molar-refractivity contribution is 6.42. The molecule has 1 nitrogen and oxygen atoms in total. The molecule has 4 heteroatoms. The summed E-state index contributed by atoms with van der Waals surface area (Å²) >= 11 is 18.1. The molecule has 0 fully saturated rings. The van der Waals surface area contributed by atoms with E-state index in [4.69, 9.17) is 34.8 Å². The van der Waals surface area contributed by atoms with Gasteiger partial charge in [-0.25, -0.2) is 0 Å². The van der Waals surface area contributed by atoms with E-state index in [0.717, 1.165) is 29.0 Å². The summed E-state index contributed by atoms with van der Waals surface area (Å²) in [6, 6.07) is 13.3. The molecule has 0 aliphatic carbocycles. The number of hydrogen-bond acceptors (Lipinski definition) is 1. The van der Waals surface area contributed by atoms with Crippen molar-refractivity contribution in [2.45, 2.75) is 12.8 Å². The van der Waals surface area contributed by atoms with Crippen LogP contribution in [0.4, 0.5) is 0 Å². The molecule has 1 unspecified atom stereocenters. The zero-order chi connectivity index (χ0) is 14.5. The molecule has 2 aromatic rings. The van der Waals surface area contributed by atoms with Crippen LogP contribution in [0.25, 0.3) is 0 Å². The molecule has 2 aromatic carbocycles. The maximum Gasteiger partial charge on any atom is 0.0595 e. The molecule has 0 saturated carbocycles. The third-order valence-electron chi connectivity index (χ3n) is 3.23. The van der Waals surface area contributed by atoms with Gasteiger partial charge in [0.2, 0.25) is 0 Å². The number of benzene rings is 2. The number of halogens is 3. The summed E-state index contributed by atoms with van der Waals surface area (Å²) in [4.78, 5) is 0. The van der Waals surface area contributed by atoms with E-state index in [0.29, 0.717) is 10.0 Å². The topological polar surface area (TPSA) is 20.2 Å². The predicted molar refractivity (Wildman–Crippen MR) is 85.9 cm³/mol. The minimum absolute atomic E-state index is 0.103. The predicted octanol–water partition coefficient (Wildman–Crippen LogP) is 5.04. The third-order valence-corrected chi connectivity index (χ3v) is 4.34. The average molecular weight is 330 g/mol. The van der Waals surface area contributed by atoms with Gasteiger partial charge in [-0.05, 0) is 48.1 Å². The quantitative estimate of drug-likeness (QED) is 0.814. The molecule has 0 saturated heterocycles. The molecule has 2 rings (SSSR count). The van der Waals surface area contributed by atoms with E-state index in [1.54, 1.807) is 6.07 Å². The summed E-state index contributed by atoms with van der Waals surface area (Å²) in [5.74, 6) is 0.104.